The van der Waals surface area contributed by atoms with Gasteiger partial charge in [0.2, 0.25) is 16.0 Å². The first kappa shape index (κ1) is 21.9. The molecule has 0 atom stereocenters. The molecule has 0 fully saturated rings. The number of nitrogens with one attached hydrogen (secondary N) is 1. The number of carbonyl (C=O) groups excluding carboxylic acids is 1. The molecule has 0 radical (unpaired) electrons. The lowest BCUT2D eigenvalue weighted by atomic mass is 9.99. The Hall–Kier alpha value is -3.33. The Labute approximate surface area is 190 Å². The Morgan fingerprint density at radius 1 is 1.06 bits per heavy atom. The molecule has 32 heavy (non-hydrogen) atoms. The maximum atomic E-state index is 12.8. The van der Waals surface area contributed by atoms with Crippen LogP contribution in [0, 0.1) is 6.92 Å². The average molecular weight is 467 g/mol. The fourth-order valence-corrected chi connectivity index (χ4v) is 3.93. The lowest BCUT2D eigenvalue weighted by Gasteiger charge is -2.08. The summed E-state index contributed by atoms with van der Waals surface area (Å²) in [6.07, 6.45) is 1.89. The number of hydrogen-bond acceptors (Lipinski definition) is 6. The summed E-state index contributed by atoms with van der Waals surface area (Å²) < 4.78 is 22.8. The van der Waals surface area contributed by atoms with Crippen molar-refractivity contribution in [2.24, 2.45) is 5.14 Å². The third-order valence-electron chi connectivity index (χ3n) is 5.01. The zero-order valence-corrected chi connectivity index (χ0v) is 18.6. The molecule has 0 saturated carbocycles. The van der Waals surface area contributed by atoms with Crippen LogP contribution in [0.5, 0.6) is 0 Å². The number of anilines is 2. The zero-order chi connectivity index (χ0) is 22.9. The number of fused-ring (bicyclic) bond motifs is 1. The molecule has 0 aliphatic carbocycles. The molecule has 7 nitrogen and oxygen atoms in total. The fraction of sp³-hybridized carbons (Fsp3) is 0.0870. The van der Waals surface area contributed by atoms with Gasteiger partial charge in [0.1, 0.15) is 0 Å². The summed E-state index contributed by atoms with van der Waals surface area (Å²) in [5.41, 5.74) is 3.64. The first-order chi connectivity index (χ1) is 15.2. The highest BCUT2D eigenvalue weighted by molar-refractivity contribution is 7.89. The molecule has 1 heterocycles. The number of primary sulfonamides is 1. The maximum Gasteiger partial charge on any atom is 0.238 e. The Kier molecular flexibility index (Phi) is 5.92. The van der Waals surface area contributed by atoms with Crippen LogP contribution in [0.1, 0.15) is 21.5 Å². The van der Waals surface area contributed by atoms with Crippen LogP contribution in [0.2, 0.25) is 5.02 Å². The minimum Gasteiger partial charge on any atom is -0.324 e. The normalized spacial score (nSPS) is 11.5. The lowest BCUT2D eigenvalue weighted by molar-refractivity contribution is 0.0993. The SMILES string of the molecule is Cc1ccc(Cl)cc1CC(=O)c1ccc2cnc(Nc3ccc(S(N)(=O)=O)cc3)nc2c1. The van der Waals surface area contributed by atoms with Crippen molar-refractivity contribution in [2.45, 2.75) is 18.2 Å². The van der Waals surface area contributed by atoms with Crippen molar-refractivity contribution in [1.82, 2.24) is 9.97 Å². The maximum absolute atomic E-state index is 12.8. The molecule has 0 bridgehead atoms. The van der Waals surface area contributed by atoms with Gasteiger partial charge in [0.05, 0.1) is 10.4 Å². The number of sulfonamides is 1. The molecule has 0 unspecified atom stereocenters. The van der Waals surface area contributed by atoms with Crippen LogP contribution in [0.25, 0.3) is 10.9 Å². The van der Waals surface area contributed by atoms with Crippen LogP contribution < -0.4 is 10.5 Å². The summed E-state index contributed by atoms with van der Waals surface area (Å²) in [5.74, 6) is 0.278. The Morgan fingerprint density at radius 2 is 1.81 bits per heavy atom. The number of nitrogens with zero attached hydrogens (tertiary/aromatic N) is 2. The number of aromatic nitrogens is 2. The summed E-state index contributed by atoms with van der Waals surface area (Å²) in [7, 11) is -3.76. The van der Waals surface area contributed by atoms with E-state index in [1.165, 1.54) is 12.1 Å². The molecule has 9 heteroatoms. The first-order valence-corrected chi connectivity index (χ1v) is 11.6. The van der Waals surface area contributed by atoms with Gasteiger partial charge in [0.15, 0.2) is 5.78 Å². The third-order valence-corrected chi connectivity index (χ3v) is 6.17. The number of benzene rings is 3. The number of Topliss-reactive ketones (excluding diaryl/α,β-unsaturated/α-hetero) is 1. The third kappa shape index (κ3) is 4.94. The highest BCUT2D eigenvalue weighted by atomic mass is 35.5. The van der Waals surface area contributed by atoms with Crippen molar-refractivity contribution in [3.05, 3.63) is 88.6 Å². The largest absolute Gasteiger partial charge is 0.324 e. The van der Waals surface area contributed by atoms with Crippen molar-refractivity contribution in [2.75, 3.05) is 5.32 Å². The van der Waals surface area contributed by atoms with Gasteiger partial charge < -0.3 is 5.32 Å². The molecular formula is C23H19ClN4O3S. The zero-order valence-electron chi connectivity index (χ0n) is 17.0. The summed E-state index contributed by atoms with van der Waals surface area (Å²) in [6, 6.07) is 16.7. The van der Waals surface area contributed by atoms with E-state index in [2.05, 4.69) is 15.3 Å². The fourth-order valence-electron chi connectivity index (χ4n) is 3.22. The number of ketones is 1. The van der Waals surface area contributed by atoms with Gasteiger partial charge in [0, 0.05) is 34.3 Å². The van der Waals surface area contributed by atoms with Gasteiger partial charge in [-0.1, -0.05) is 29.8 Å². The van der Waals surface area contributed by atoms with Crippen LogP contribution in [0.15, 0.2) is 71.8 Å². The monoisotopic (exact) mass is 466 g/mol. The standard InChI is InChI=1S/C23H19ClN4O3S/c1-14-2-5-18(24)10-17(14)12-22(29)15-3-4-16-13-26-23(28-21(16)11-15)27-19-6-8-20(9-7-19)32(25,30)31/h2-11,13H,12H2,1H3,(H2,25,30,31)(H,26,27,28). The topological polar surface area (TPSA) is 115 Å². The van der Waals surface area contributed by atoms with Gasteiger partial charge in [-0.3, -0.25) is 4.79 Å². The molecule has 4 aromatic rings. The van der Waals surface area contributed by atoms with Gasteiger partial charge in [-0.05, 0) is 60.5 Å². The van der Waals surface area contributed by atoms with E-state index < -0.39 is 10.0 Å². The molecule has 0 amide bonds. The van der Waals surface area contributed by atoms with E-state index >= 15 is 0 Å². The number of rotatable bonds is 6. The van der Waals surface area contributed by atoms with Gasteiger partial charge in [0.25, 0.3) is 0 Å². The van der Waals surface area contributed by atoms with Gasteiger partial charge in [-0.15, -0.1) is 0 Å². The first-order valence-electron chi connectivity index (χ1n) is 9.64. The lowest BCUT2D eigenvalue weighted by Crippen LogP contribution is -2.11. The summed E-state index contributed by atoms with van der Waals surface area (Å²) in [6.45, 7) is 1.94. The highest BCUT2D eigenvalue weighted by Crippen LogP contribution is 2.21. The van der Waals surface area contributed by atoms with E-state index in [0.29, 0.717) is 27.7 Å². The summed E-state index contributed by atoms with van der Waals surface area (Å²) >= 11 is 6.07. The smallest absolute Gasteiger partial charge is 0.238 e. The molecule has 1 aromatic heterocycles. The molecule has 4 rings (SSSR count). The summed E-state index contributed by atoms with van der Waals surface area (Å²) in [5, 5.41) is 9.52. The predicted octanol–water partition coefficient (Wildman–Crippen LogP) is 4.41. The second kappa shape index (κ2) is 8.66. The minimum absolute atomic E-state index is 0.0144. The van der Waals surface area contributed by atoms with Crippen LogP contribution in [0.3, 0.4) is 0 Å². The van der Waals surface area contributed by atoms with E-state index in [4.69, 9.17) is 16.7 Å². The van der Waals surface area contributed by atoms with Gasteiger partial charge in [-0.2, -0.15) is 0 Å². The number of hydrogen-bond donors (Lipinski definition) is 2. The van der Waals surface area contributed by atoms with Crippen molar-refractivity contribution in [3.63, 3.8) is 0 Å². The van der Waals surface area contributed by atoms with Crippen LogP contribution >= 0.6 is 11.6 Å². The second-order valence-corrected chi connectivity index (χ2v) is 9.33. The number of carbonyl (C=O) groups is 1. The quantitative estimate of drug-likeness (QED) is 0.407. The molecule has 0 aliphatic rings. The number of nitrogens with two attached hydrogens (primary N) is 1. The molecule has 0 spiro atoms. The van der Waals surface area contributed by atoms with Crippen molar-refractivity contribution < 1.29 is 13.2 Å². The Balaban J connectivity index is 1.57. The van der Waals surface area contributed by atoms with Crippen LogP contribution in [-0.4, -0.2) is 24.2 Å². The second-order valence-electron chi connectivity index (χ2n) is 7.33. The molecule has 3 N–H and O–H groups in total. The van der Waals surface area contributed by atoms with Crippen LogP contribution in [-0.2, 0) is 16.4 Å². The van der Waals surface area contributed by atoms with E-state index in [1.54, 1.807) is 48.7 Å². The van der Waals surface area contributed by atoms with Crippen molar-refractivity contribution >= 4 is 49.9 Å². The molecular weight excluding hydrogens is 448 g/mol. The van der Waals surface area contributed by atoms with Gasteiger partial charge in [-0.25, -0.2) is 23.5 Å². The molecule has 162 valence electrons. The molecule has 3 aromatic carbocycles. The van der Waals surface area contributed by atoms with E-state index in [9.17, 15) is 13.2 Å². The Morgan fingerprint density at radius 3 is 2.53 bits per heavy atom. The summed E-state index contributed by atoms with van der Waals surface area (Å²) in [4.78, 5) is 21.6. The van der Waals surface area contributed by atoms with Crippen molar-refractivity contribution in [3.8, 4) is 0 Å². The minimum atomic E-state index is -3.76. The average Bonchev–Trinajstić information content (AvgIpc) is 2.75. The predicted molar refractivity (Wildman–Crippen MR) is 125 cm³/mol. The highest BCUT2D eigenvalue weighted by Gasteiger charge is 2.12. The molecule has 0 aliphatic heterocycles. The van der Waals surface area contributed by atoms with E-state index in [0.717, 1.165) is 16.5 Å². The van der Waals surface area contributed by atoms with Crippen LogP contribution in [0.4, 0.5) is 11.6 Å². The number of aryl methyl sites for hydroxylation is 1. The van der Waals surface area contributed by atoms with Crippen molar-refractivity contribution in [1.29, 1.82) is 0 Å². The van der Waals surface area contributed by atoms with Gasteiger partial charge >= 0.3 is 0 Å². The number of halogens is 1. The van der Waals surface area contributed by atoms with E-state index in [1.807, 2.05) is 13.0 Å². The molecule has 0 saturated heterocycles. The van der Waals surface area contributed by atoms with E-state index in [-0.39, 0.29) is 17.1 Å². The Bertz CT molecular complexity index is 1440.